The van der Waals surface area contributed by atoms with Crippen molar-refractivity contribution in [2.45, 2.75) is 6.92 Å². The number of nitrogens with zero attached hydrogens (tertiary/aromatic N) is 1. The van der Waals surface area contributed by atoms with Crippen molar-refractivity contribution in [2.24, 2.45) is 5.10 Å². The zero-order valence-corrected chi connectivity index (χ0v) is 18.8. The van der Waals surface area contributed by atoms with Crippen molar-refractivity contribution in [1.82, 2.24) is 5.43 Å². The van der Waals surface area contributed by atoms with Crippen LogP contribution >= 0.6 is 0 Å². The number of ether oxygens (including phenoxy) is 3. The number of esters is 1. The number of amides is 2. The van der Waals surface area contributed by atoms with Crippen molar-refractivity contribution < 1.29 is 28.6 Å². The van der Waals surface area contributed by atoms with Gasteiger partial charge in [0, 0.05) is 5.69 Å². The Morgan fingerprint density at radius 2 is 1.41 bits per heavy atom. The van der Waals surface area contributed by atoms with Crippen LogP contribution in [0, 0.1) is 0 Å². The van der Waals surface area contributed by atoms with E-state index in [-0.39, 0.29) is 0 Å². The number of anilines is 1. The quantitative estimate of drug-likeness (QED) is 0.183. The standard InChI is InChI=1S/C25H23N3O6/c1-16(27-28-24(30)23(29)26-18-10-14-19(32-2)15-11-18)17-8-12-20(13-9-17)34-25(31)21-6-4-5-7-22(21)33-3/h4-15H,1-3H3,(H,26,29)(H,28,30). The lowest BCUT2D eigenvalue weighted by Gasteiger charge is -2.09. The highest BCUT2D eigenvalue weighted by Crippen LogP contribution is 2.21. The molecule has 0 saturated carbocycles. The lowest BCUT2D eigenvalue weighted by Crippen LogP contribution is -2.32. The summed E-state index contributed by atoms with van der Waals surface area (Å²) in [5, 5.41) is 6.43. The number of carbonyl (C=O) groups is 3. The van der Waals surface area contributed by atoms with E-state index in [1.54, 1.807) is 79.7 Å². The number of carbonyl (C=O) groups excluding carboxylic acids is 3. The molecule has 3 rings (SSSR count). The molecule has 0 aromatic heterocycles. The second-order valence-electron chi connectivity index (χ2n) is 6.93. The highest BCUT2D eigenvalue weighted by molar-refractivity contribution is 6.39. The van der Waals surface area contributed by atoms with Gasteiger partial charge in [-0.05, 0) is 73.2 Å². The van der Waals surface area contributed by atoms with E-state index in [1.165, 1.54) is 14.2 Å². The van der Waals surface area contributed by atoms with Crippen molar-refractivity contribution in [3.8, 4) is 17.2 Å². The lowest BCUT2D eigenvalue weighted by molar-refractivity contribution is -0.136. The first-order valence-corrected chi connectivity index (χ1v) is 10.2. The molecule has 174 valence electrons. The third-order valence-electron chi connectivity index (χ3n) is 4.69. The number of methoxy groups -OCH3 is 2. The summed E-state index contributed by atoms with van der Waals surface area (Å²) in [5.41, 5.74) is 4.08. The maximum atomic E-state index is 12.4. The summed E-state index contributed by atoms with van der Waals surface area (Å²) in [6.45, 7) is 1.66. The van der Waals surface area contributed by atoms with E-state index >= 15 is 0 Å². The minimum absolute atomic E-state index is 0.308. The molecule has 0 spiro atoms. The summed E-state index contributed by atoms with van der Waals surface area (Å²) < 4.78 is 15.6. The first-order chi connectivity index (χ1) is 16.4. The number of nitrogens with one attached hydrogen (secondary N) is 2. The highest BCUT2D eigenvalue weighted by Gasteiger charge is 2.15. The van der Waals surface area contributed by atoms with Crippen LogP contribution in [0.1, 0.15) is 22.8 Å². The fourth-order valence-corrected chi connectivity index (χ4v) is 2.85. The Labute approximate surface area is 196 Å². The second kappa shape index (κ2) is 11.3. The first-order valence-electron chi connectivity index (χ1n) is 10.2. The normalized spacial score (nSPS) is 10.7. The number of hydrazone groups is 1. The topological polar surface area (TPSA) is 115 Å². The second-order valence-corrected chi connectivity index (χ2v) is 6.93. The molecule has 0 radical (unpaired) electrons. The maximum absolute atomic E-state index is 12.4. The molecule has 34 heavy (non-hydrogen) atoms. The molecule has 0 unspecified atom stereocenters. The number of benzene rings is 3. The van der Waals surface area contributed by atoms with Gasteiger partial charge in [0.2, 0.25) is 0 Å². The third kappa shape index (κ3) is 6.19. The maximum Gasteiger partial charge on any atom is 0.347 e. The Balaban J connectivity index is 1.57. The van der Waals surface area contributed by atoms with Crippen LogP contribution < -0.4 is 25.0 Å². The summed E-state index contributed by atoms with van der Waals surface area (Å²) in [5.74, 6) is -0.957. The van der Waals surface area contributed by atoms with Crippen LogP contribution in [0.5, 0.6) is 17.2 Å². The zero-order chi connectivity index (χ0) is 24.5. The van der Waals surface area contributed by atoms with E-state index in [2.05, 4.69) is 15.8 Å². The van der Waals surface area contributed by atoms with Gasteiger partial charge in [0.05, 0.1) is 19.9 Å². The van der Waals surface area contributed by atoms with E-state index in [4.69, 9.17) is 14.2 Å². The molecule has 0 saturated heterocycles. The fourth-order valence-electron chi connectivity index (χ4n) is 2.85. The van der Waals surface area contributed by atoms with Crippen molar-refractivity contribution in [3.05, 3.63) is 83.9 Å². The summed E-state index contributed by atoms with van der Waals surface area (Å²) in [6.07, 6.45) is 0. The van der Waals surface area contributed by atoms with Crippen LogP contribution in [0.3, 0.4) is 0 Å². The minimum Gasteiger partial charge on any atom is -0.497 e. The molecule has 3 aromatic rings. The number of hydrogen-bond acceptors (Lipinski definition) is 7. The van der Waals surface area contributed by atoms with Gasteiger partial charge in [-0.1, -0.05) is 12.1 Å². The molecular formula is C25H23N3O6. The lowest BCUT2D eigenvalue weighted by atomic mass is 10.1. The van der Waals surface area contributed by atoms with Gasteiger partial charge in [-0.25, -0.2) is 10.2 Å². The van der Waals surface area contributed by atoms with E-state index in [0.717, 1.165) is 0 Å². The summed E-state index contributed by atoms with van der Waals surface area (Å²) >= 11 is 0. The number of para-hydroxylation sites is 1. The molecule has 0 aliphatic rings. The minimum atomic E-state index is -0.919. The molecule has 2 N–H and O–H groups in total. The summed E-state index contributed by atoms with van der Waals surface area (Å²) in [4.78, 5) is 36.5. The SMILES string of the molecule is COc1ccc(NC(=O)C(=O)NN=C(C)c2ccc(OC(=O)c3ccccc3OC)cc2)cc1. The van der Waals surface area contributed by atoms with Gasteiger partial charge >= 0.3 is 17.8 Å². The summed E-state index contributed by atoms with van der Waals surface area (Å²) in [6, 6.07) is 19.8. The van der Waals surface area contributed by atoms with E-state index in [0.29, 0.717) is 39.8 Å². The van der Waals surface area contributed by atoms with Crippen LogP contribution in [0.15, 0.2) is 77.9 Å². The van der Waals surface area contributed by atoms with E-state index < -0.39 is 17.8 Å². The van der Waals surface area contributed by atoms with Crippen molar-refractivity contribution >= 4 is 29.2 Å². The number of hydrogen-bond donors (Lipinski definition) is 2. The Morgan fingerprint density at radius 1 is 0.765 bits per heavy atom. The van der Waals surface area contributed by atoms with Crippen molar-refractivity contribution in [2.75, 3.05) is 19.5 Å². The third-order valence-corrected chi connectivity index (χ3v) is 4.69. The molecule has 9 heteroatoms. The van der Waals surface area contributed by atoms with Gasteiger partial charge in [-0.2, -0.15) is 5.10 Å². The molecule has 3 aromatic carbocycles. The summed E-state index contributed by atoms with van der Waals surface area (Å²) in [7, 11) is 3.01. The molecule has 0 heterocycles. The molecule has 2 amide bonds. The van der Waals surface area contributed by atoms with Gasteiger partial charge in [0.1, 0.15) is 22.8 Å². The largest absolute Gasteiger partial charge is 0.497 e. The average Bonchev–Trinajstić information content (AvgIpc) is 2.87. The molecule has 0 fully saturated rings. The molecule has 0 aliphatic carbocycles. The molecule has 0 aliphatic heterocycles. The Hall–Kier alpha value is -4.66. The first kappa shape index (κ1) is 24.0. The predicted molar refractivity (Wildman–Crippen MR) is 126 cm³/mol. The zero-order valence-electron chi connectivity index (χ0n) is 18.8. The van der Waals surface area contributed by atoms with Crippen LogP contribution in [0.2, 0.25) is 0 Å². The van der Waals surface area contributed by atoms with Crippen molar-refractivity contribution in [3.63, 3.8) is 0 Å². The molecule has 0 atom stereocenters. The van der Waals surface area contributed by atoms with Gasteiger partial charge < -0.3 is 19.5 Å². The fraction of sp³-hybridized carbons (Fsp3) is 0.120. The number of rotatable bonds is 7. The van der Waals surface area contributed by atoms with Crippen molar-refractivity contribution in [1.29, 1.82) is 0 Å². The van der Waals surface area contributed by atoms with Gasteiger partial charge in [-0.3, -0.25) is 9.59 Å². The monoisotopic (exact) mass is 461 g/mol. The Kier molecular flexibility index (Phi) is 7.96. The van der Waals surface area contributed by atoms with Gasteiger partial charge in [-0.15, -0.1) is 0 Å². The Bertz CT molecular complexity index is 1200. The van der Waals surface area contributed by atoms with E-state index in [9.17, 15) is 14.4 Å². The molecular weight excluding hydrogens is 438 g/mol. The smallest absolute Gasteiger partial charge is 0.347 e. The predicted octanol–water partition coefficient (Wildman–Crippen LogP) is 3.40. The van der Waals surface area contributed by atoms with Crippen LogP contribution in [0.4, 0.5) is 5.69 Å². The molecule has 9 nitrogen and oxygen atoms in total. The van der Waals surface area contributed by atoms with Crippen LogP contribution in [-0.2, 0) is 9.59 Å². The molecule has 0 bridgehead atoms. The Morgan fingerprint density at radius 3 is 2.06 bits per heavy atom. The van der Waals surface area contributed by atoms with Gasteiger partial charge in [0.25, 0.3) is 0 Å². The van der Waals surface area contributed by atoms with Crippen LogP contribution in [-0.4, -0.2) is 37.7 Å². The van der Waals surface area contributed by atoms with Gasteiger partial charge in [0.15, 0.2) is 0 Å². The van der Waals surface area contributed by atoms with Crippen LogP contribution in [0.25, 0.3) is 0 Å². The van der Waals surface area contributed by atoms with E-state index in [1.807, 2.05) is 0 Å². The average molecular weight is 461 g/mol. The highest BCUT2D eigenvalue weighted by atomic mass is 16.5.